The van der Waals surface area contributed by atoms with Crippen molar-refractivity contribution in [3.05, 3.63) is 11.6 Å². The monoisotopic (exact) mass is 265 g/mol. The number of fused-ring (bicyclic) bond motifs is 1. The summed E-state index contributed by atoms with van der Waals surface area (Å²) in [4.78, 5) is 15.7. The average Bonchev–Trinajstić information content (AvgIpc) is 2.81. The van der Waals surface area contributed by atoms with Crippen molar-refractivity contribution >= 4 is 5.97 Å². The fourth-order valence-electron chi connectivity index (χ4n) is 2.89. The van der Waals surface area contributed by atoms with E-state index in [1.54, 1.807) is 4.68 Å². The van der Waals surface area contributed by atoms with Crippen LogP contribution < -0.4 is 0 Å². The molecule has 1 fully saturated rings. The molecule has 104 valence electrons. The minimum atomic E-state index is -0.814. The Labute approximate surface area is 111 Å². The third kappa shape index (κ3) is 2.63. The number of carboxylic acid groups (broad SMARTS) is 1. The first-order valence-corrected chi connectivity index (χ1v) is 7.03. The predicted molar refractivity (Wildman–Crippen MR) is 66.9 cm³/mol. The molecule has 1 N–H and O–H groups in total. The van der Waals surface area contributed by atoms with Crippen LogP contribution in [-0.2, 0) is 22.4 Å². The fraction of sp³-hybridized carbons (Fsp3) is 0.769. The third-order valence-electron chi connectivity index (χ3n) is 3.89. The van der Waals surface area contributed by atoms with Crippen molar-refractivity contribution in [2.75, 3.05) is 6.61 Å². The van der Waals surface area contributed by atoms with Crippen molar-refractivity contribution in [3.8, 4) is 0 Å². The highest BCUT2D eigenvalue weighted by Crippen LogP contribution is 2.24. The number of hydrogen-bond acceptors (Lipinski definition) is 4. The first-order chi connectivity index (χ1) is 9.24. The Hall–Kier alpha value is -1.43. The van der Waals surface area contributed by atoms with Gasteiger partial charge in [0.25, 0.3) is 0 Å². The number of carbonyl (C=O) groups is 1. The van der Waals surface area contributed by atoms with E-state index in [1.807, 2.05) is 0 Å². The van der Waals surface area contributed by atoms with Gasteiger partial charge in [-0.2, -0.15) is 5.10 Å². The van der Waals surface area contributed by atoms with E-state index in [0.717, 1.165) is 43.9 Å². The molecule has 0 aliphatic carbocycles. The summed E-state index contributed by atoms with van der Waals surface area (Å²) in [5, 5.41) is 13.6. The highest BCUT2D eigenvalue weighted by atomic mass is 16.5. The van der Waals surface area contributed by atoms with Crippen LogP contribution in [0.2, 0.25) is 0 Å². The highest BCUT2D eigenvalue weighted by Gasteiger charge is 2.29. The van der Waals surface area contributed by atoms with Gasteiger partial charge in [0.1, 0.15) is 5.82 Å². The van der Waals surface area contributed by atoms with Crippen LogP contribution in [0.1, 0.15) is 49.8 Å². The maximum Gasteiger partial charge on any atom is 0.328 e. The lowest BCUT2D eigenvalue weighted by Gasteiger charge is -2.21. The SMILES string of the molecule is O=C(O)C1CCCc2nc(CC3CCCCO3)nn21. The second kappa shape index (κ2) is 5.28. The molecule has 2 aliphatic rings. The van der Waals surface area contributed by atoms with Crippen LogP contribution in [0.25, 0.3) is 0 Å². The van der Waals surface area contributed by atoms with Gasteiger partial charge in [-0.25, -0.2) is 14.5 Å². The molecular weight excluding hydrogens is 246 g/mol. The summed E-state index contributed by atoms with van der Waals surface area (Å²) < 4.78 is 7.28. The average molecular weight is 265 g/mol. The van der Waals surface area contributed by atoms with Crippen LogP contribution >= 0.6 is 0 Å². The lowest BCUT2D eigenvalue weighted by molar-refractivity contribution is -0.141. The van der Waals surface area contributed by atoms with Gasteiger partial charge in [-0.05, 0) is 32.1 Å². The van der Waals surface area contributed by atoms with Crippen molar-refractivity contribution in [2.45, 2.75) is 57.1 Å². The molecule has 2 unspecified atom stereocenters. The molecule has 3 rings (SSSR count). The standard InChI is InChI=1S/C13H19N3O3/c17-13(18)10-5-3-6-12-14-11(15-16(10)12)8-9-4-1-2-7-19-9/h9-10H,1-8H2,(H,17,18). The van der Waals surface area contributed by atoms with Crippen LogP contribution in [0.3, 0.4) is 0 Å². The summed E-state index contributed by atoms with van der Waals surface area (Å²) >= 11 is 0. The number of hydrogen-bond donors (Lipinski definition) is 1. The van der Waals surface area contributed by atoms with Crippen LogP contribution in [-0.4, -0.2) is 38.6 Å². The molecule has 3 heterocycles. The molecule has 2 atom stereocenters. The molecule has 19 heavy (non-hydrogen) atoms. The lowest BCUT2D eigenvalue weighted by atomic mass is 10.1. The highest BCUT2D eigenvalue weighted by molar-refractivity contribution is 5.71. The van der Waals surface area contributed by atoms with Crippen molar-refractivity contribution in [1.29, 1.82) is 0 Å². The van der Waals surface area contributed by atoms with Gasteiger partial charge in [0.15, 0.2) is 11.9 Å². The van der Waals surface area contributed by atoms with E-state index < -0.39 is 12.0 Å². The number of rotatable bonds is 3. The molecule has 0 aromatic carbocycles. The molecular formula is C13H19N3O3. The molecule has 0 bridgehead atoms. The van der Waals surface area contributed by atoms with Crippen LogP contribution in [0.15, 0.2) is 0 Å². The zero-order valence-corrected chi connectivity index (χ0v) is 10.9. The van der Waals surface area contributed by atoms with Crippen LogP contribution in [0.4, 0.5) is 0 Å². The van der Waals surface area contributed by atoms with Gasteiger partial charge in [-0.1, -0.05) is 0 Å². The largest absolute Gasteiger partial charge is 0.480 e. The van der Waals surface area contributed by atoms with E-state index in [9.17, 15) is 9.90 Å². The van der Waals surface area contributed by atoms with Crippen molar-refractivity contribution in [2.24, 2.45) is 0 Å². The smallest absolute Gasteiger partial charge is 0.328 e. The number of aryl methyl sites for hydroxylation is 1. The molecule has 1 saturated heterocycles. The van der Waals surface area contributed by atoms with Crippen molar-refractivity contribution in [3.63, 3.8) is 0 Å². The maximum absolute atomic E-state index is 11.2. The van der Waals surface area contributed by atoms with Crippen LogP contribution in [0, 0.1) is 0 Å². The number of aliphatic carboxylic acids is 1. The van der Waals surface area contributed by atoms with E-state index >= 15 is 0 Å². The van der Waals surface area contributed by atoms with Crippen LogP contribution in [0.5, 0.6) is 0 Å². The van der Waals surface area contributed by atoms with E-state index in [0.29, 0.717) is 12.8 Å². The summed E-state index contributed by atoms with van der Waals surface area (Å²) in [7, 11) is 0. The Bertz CT molecular complexity index is 466. The molecule has 6 nitrogen and oxygen atoms in total. The lowest BCUT2D eigenvalue weighted by Crippen LogP contribution is -2.26. The number of nitrogens with zero attached hydrogens (tertiary/aromatic N) is 3. The Balaban J connectivity index is 1.75. The molecule has 6 heteroatoms. The third-order valence-corrected chi connectivity index (χ3v) is 3.89. The second-order valence-electron chi connectivity index (χ2n) is 5.33. The maximum atomic E-state index is 11.2. The Morgan fingerprint density at radius 1 is 1.37 bits per heavy atom. The van der Waals surface area contributed by atoms with E-state index in [4.69, 9.17) is 4.74 Å². The van der Waals surface area contributed by atoms with E-state index in [-0.39, 0.29) is 6.10 Å². The quantitative estimate of drug-likeness (QED) is 0.892. The summed E-state index contributed by atoms with van der Waals surface area (Å²) in [5.41, 5.74) is 0. The Kier molecular flexibility index (Phi) is 3.50. The Morgan fingerprint density at radius 2 is 2.26 bits per heavy atom. The summed E-state index contributed by atoms with van der Waals surface area (Å²) in [6.45, 7) is 0.815. The first kappa shape index (κ1) is 12.6. The fourth-order valence-corrected chi connectivity index (χ4v) is 2.89. The molecule has 0 saturated carbocycles. The van der Waals surface area contributed by atoms with Gasteiger partial charge in [-0.3, -0.25) is 0 Å². The first-order valence-electron chi connectivity index (χ1n) is 7.03. The van der Waals surface area contributed by atoms with Gasteiger partial charge in [0.2, 0.25) is 0 Å². The predicted octanol–water partition coefficient (Wildman–Crippen LogP) is 1.35. The topological polar surface area (TPSA) is 77.2 Å². The normalized spacial score (nSPS) is 26.9. The minimum Gasteiger partial charge on any atom is -0.480 e. The molecule has 1 aromatic rings. The van der Waals surface area contributed by atoms with Crippen molar-refractivity contribution in [1.82, 2.24) is 14.8 Å². The zero-order valence-electron chi connectivity index (χ0n) is 10.9. The molecule has 0 radical (unpaired) electrons. The van der Waals surface area contributed by atoms with Gasteiger partial charge in [0.05, 0.1) is 6.10 Å². The number of aromatic nitrogens is 3. The van der Waals surface area contributed by atoms with E-state index in [2.05, 4.69) is 10.1 Å². The molecule has 2 aliphatic heterocycles. The zero-order chi connectivity index (χ0) is 13.2. The van der Waals surface area contributed by atoms with Gasteiger partial charge in [-0.15, -0.1) is 0 Å². The van der Waals surface area contributed by atoms with Crippen molar-refractivity contribution < 1.29 is 14.6 Å². The van der Waals surface area contributed by atoms with E-state index in [1.165, 1.54) is 6.42 Å². The van der Waals surface area contributed by atoms with Gasteiger partial charge in [0, 0.05) is 19.4 Å². The van der Waals surface area contributed by atoms with Gasteiger partial charge < -0.3 is 9.84 Å². The molecule has 0 spiro atoms. The van der Waals surface area contributed by atoms with Gasteiger partial charge >= 0.3 is 5.97 Å². The number of ether oxygens (including phenoxy) is 1. The Morgan fingerprint density at radius 3 is 3.00 bits per heavy atom. The summed E-state index contributed by atoms with van der Waals surface area (Å²) in [5.74, 6) is 0.728. The number of carboxylic acids is 1. The summed E-state index contributed by atoms with van der Waals surface area (Å²) in [6, 6.07) is -0.544. The summed E-state index contributed by atoms with van der Waals surface area (Å²) in [6.07, 6.45) is 6.60. The minimum absolute atomic E-state index is 0.196. The molecule has 0 amide bonds. The molecule has 1 aromatic heterocycles. The second-order valence-corrected chi connectivity index (χ2v) is 5.33.